The van der Waals surface area contributed by atoms with Gasteiger partial charge in [0.15, 0.2) is 0 Å². The van der Waals surface area contributed by atoms with Gasteiger partial charge in [0.1, 0.15) is 17.4 Å². The number of amides is 1. The lowest BCUT2D eigenvalue weighted by atomic mass is 9.98. The third-order valence-corrected chi connectivity index (χ3v) is 4.31. The highest BCUT2D eigenvalue weighted by molar-refractivity contribution is 5.68. The van der Waals surface area contributed by atoms with Gasteiger partial charge in [0.2, 0.25) is 0 Å². The third kappa shape index (κ3) is 7.01. The van der Waals surface area contributed by atoms with Crippen molar-refractivity contribution < 1.29 is 14.3 Å². The Morgan fingerprint density at radius 2 is 2.12 bits per heavy atom. The first kappa shape index (κ1) is 20.2. The number of ether oxygens (including phenoxy) is 2. The molecule has 142 valence electrons. The average molecular weight is 359 g/mol. The predicted molar refractivity (Wildman–Crippen MR) is 98.6 cm³/mol. The average Bonchev–Trinajstić information content (AvgIpc) is 2.60. The standard InChI is InChI=1S/C20H29N3O3/c1-20(2,3)26-19(24)23-10-7-17(8-11-23)15-25-12-4-5-16-6-9-22-18(13-16)14-21/h6,9,13,17H,4-5,7-8,10-12,15H2,1-3H3. The minimum Gasteiger partial charge on any atom is -0.444 e. The molecule has 6 heteroatoms. The second kappa shape index (κ2) is 9.54. The maximum Gasteiger partial charge on any atom is 0.410 e. The largest absolute Gasteiger partial charge is 0.444 e. The van der Waals surface area contributed by atoms with Crippen LogP contribution in [0, 0.1) is 17.2 Å². The van der Waals surface area contributed by atoms with E-state index in [-0.39, 0.29) is 6.09 Å². The summed E-state index contributed by atoms with van der Waals surface area (Å²) >= 11 is 0. The first-order valence-electron chi connectivity index (χ1n) is 9.28. The molecule has 0 aromatic carbocycles. The molecular formula is C20H29N3O3. The van der Waals surface area contributed by atoms with Gasteiger partial charge in [-0.25, -0.2) is 9.78 Å². The molecule has 2 rings (SSSR count). The molecule has 0 N–H and O–H groups in total. The van der Waals surface area contributed by atoms with Crippen molar-refractivity contribution in [3.63, 3.8) is 0 Å². The number of nitriles is 1. The highest BCUT2D eigenvalue weighted by atomic mass is 16.6. The van der Waals surface area contributed by atoms with Crippen LogP contribution >= 0.6 is 0 Å². The van der Waals surface area contributed by atoms with Crippen LogP contribution in [0.15, 0.2) is 18.3 Å². The summed E-state index contributed by atoms with van der Waals surface area (Å²) in [6.07, 6.45) is 5.17. The van der Waals surface area contributed by atoms with Gasteiger partial charge in [0.25, 0.3) is 0 Å². The maximum atomic E-state index is 12.0. The van der Waals surface area contributed by atoms with Gasteiger partial charge in [-0.1, -0.05) is 0 Å². The van der Waals surface area contributed by atoms with Crippen molar-refractivity contribution >= 4 is 6.09 Å². The topological polar surface area (TPSA) is 75.4 Å². The zero-order valence-electron chi connectivity index (χ0n) is 16.0. The number of pyridine rings is 1. The molecule has 26 heavy (non-hydrogen) atoms. The summed E-state index contributed by atoms with van der Waals surface area (Å²) in [4.78, 5) is 17.8. The van der Waals surface area contributed by atoms with Crippen molar-refractivity contribution in [3.8, 4) is 6.07 Å². The van der Waals surface area contributed by atoms with E-state index in [2.05, 4.69) is 11.1 Å². The van der Waals surface area contributed by atoms with E-state index in [1.165, 1.54) is 0 Å². The summed E-state index contributed by atoms with van der Waals surface area (Å²) < 4.78 is 11.2. The molecule has 1 saturated heterocycles. The second-order valence-corrected chi connectivity index (χ2v) is 7.75. The van der Waals surface area contributed by atoms with Crippen LogP contribution in [0.5, 0.6) is 0 Å². The van der Waals surface area contributed by atoms with Crippen LogP contribution in [0.25, 0.3) is 0 Å². The second-order valence-electron chi connectivity index (χ2n) is 7.75. The van der Waals surface area contributed by atoms with Crippen molar-refractivity contribution in [1.29, 1.82) is 5.26 Å². The zero-order valence-corrected chi connectivity index (χ0v) is 16.0. The first-order chi connectivity index (χ1) is 12.4. The summed E-state index contributed by atoms with van der Waals surface area (Å²) in [5.41, 5.74) is 1.13. The molecule has 1 fully saturated rings. The molecule has 0 unspecified atom stereocenters. The molecule has 1 amide bonds. The number of likely N-dealkylation sites (tertiary alicyclic amines) is 1. The van der Waals surface area contributed by atoms with E-state index in [0.29, 0.717) is 18.2 Å². The fourth-order valence-electron chi connectivity index (χ4n) is 2.93. The molecule has 0 atom stereocenters. The SMILES string of the molecule is CC(C)(C)OC(=O)N1CCC(COCCCc2ccnc(C#N)c2)CC1. The van der Waals surface area contributed by atoms with Crippen molar-refractivity contribution in [2.45, 2.75) is 52.1 Å². The molecule has 0 spiro atoms. The number of hydrogen-bond acceptors (Lipinski definition) is 5. The van der Waals surface area contributed by atoms with Crippen LogP contribution in [-0.2, 0) is 15.9 Å². The summed E-state index contributed by atoms with van der Waals surface area (Å²) in [6.45, 7) is 8.57. The Morgan fingerprint density at radius 1 is 1.38 bits per heavy atom. The van der Waals surface area contributed by atoms with E-state index in [9.17, 15) is 4.79 Å². The molecule has 0 aliphatic carbocycles. The van der Waals surface area contributed by atoms with Gasteiger partial charge in [0, 0.05) is 32.5 Å². The maximum absolute atomic E-state index is 12.0. The number of aryl methyl sites for hydroxylation is 1. The molecular weight excluding hydrogens is 330 g/mol. The summed E-state index contributed by atoms with van der Waals surface area (Å²) in [5, 5.41) is 8.85. The molecule has 1 aliphatic heterocycles. The van der Waals surface area contributed by atoms with Gasteiger partial charge in [-0.2, -0.15) is 5.26 Å². The number of piperidine rings is 1. The Kier molecular flexibility index (Phi) is 7.40. The van der Waals surface area contributed by atoms with Crippen LogP contribution < -0.4 is 0 Å². The summed E-state index contributed by atoms with van der Waals surface area (Å²) in [5.74, 6) is 0.500. The third-order valence-electron chi connectivity index (χ3n) is 4.31. The zero-order chi connectivity index (χ0) is 19.0. The van der Waals surface area contributed by atoms with E-state index in [4.69, 9.17) is 14.7 Å². The lowest BCUT2D eigenvalue weighted by molar-refractivity contribution is 0.0116. The Balaban J connectivity index is 1.59. The van der Waals surface area contributed by atoms with Crippen molar-refractivity contribution in [1.82, 2.24) is 9.88 Å². The minimum atomic E-state index is -0.445. The first-order valence-corrected chi connectivity index (χ1v) is 9.28. The number of nitrogens with zero attached hydrogens (tertiary/aromatic N) is 3. The van der Waals surface area contributed by atoms with Crippen LogP contribution in [0.4, 0.5) is 4.79 Å². The van der Waals surface area contributed by atoms with E-state index >= 15 is 0 Å². The van der Waals surface area contributed by atoms with Crippen molar-refractivity contribution in [2.24, 2.45) is 5.92 Å². The smallest absolute Gasteiger partial charge is 0.410 e. The highest BCUT2D eigenvalue weighted by Crippen LogP contribution is 2.20. The van der Waals surface area contributed by atoms with Crippen LogP contribution in [0.2, 0.25) is 0 Å². The Bertz CT molecular complexity index is 626. The number of hydrogen-bond donors (Lipinski definition) is 0. The lowest BCUT2D eigenvalue weighted by Gasteiger charge is -2.33. The van der Waals surface area contributed by atoms with E-state index in [1.54, 1.807) is 11.1 Å². The Hall–Kier alpha value is -2.13. The number of carbonyl (C=O) groups excluding carboxylic acids is 1. The van der Waals surface area contributed by atoms with Crippen LogP contribution in [0.1, 0.15) is 51.3 Å². The monoisotopic (exact) mass is 359 g/mol. The van der Waals surface area contributed by atoms with Gasteiger partial charge in [-0.3, -0.25) is 0 Å². The minimum absolute atomic E-state index is 0.217. The fourth-order valence-corrected chi connectivity index (χ4v) is 2.93. The summed E-state index contributed by atoms with van der Waals surface area (Å²) in [6, 6.07) is 5.82. The molecule has 1 aromatic rings. The van der Waals surface area contributed by atoms with Gasteiger partial charge in [-0.05, 0) is 70.1 Å². The van der Waals surface area contributed by atoms with Gasteiger partial charge in [0.05, 0.1) is 0 Å². The molecule has 0 bridgehead atoms. The lowest BCUT2D eigenvalue weighted by Crippen LogP contribution is -2.42. The molecule has 2 heterocycles. The highest BCUT2D eigenvalue weighted by Gasteiger charge is 2.26. The van der Waals surface area contributed by atoms with E-state index in [1.807, 2.05) is 32.9 Å². The van der Waals surface area contributed by atoms with Crippen molar-refractivity contribution in [3.05, 3.63) is 29.6 Å². The predicted octanol–water partition coefficient (Wildman–Crippen LogP) is 3.55. The molecule has 0 saturated carbocycles. The van der Waals surface area contributed by atoms with Gasteiger partial charge in [-0.15, -0.1) is 0 Å². The van der Waals surface area contributed by atoms with E-state index in [0.717, 1.165) is 50.9 Å². The quantitative estimate of drug-likeness (QED) is 0.726. The van der Waals surface area contributed by atoms with Crippen molar-refractivity contribution in [2.75, 3.05) is 26.3 Å². The number of rotatable bonds is 6. The molecule has 1 aromatic heterocycles. The summed E-state index contributed by atoms with van der Waals surface area (Å²) in [7, 11) is 0. The Morgan fingerprint density at radius 3 is 2.77 bits per heavy atom. The van der Waals surface area contributed by atoms with Crippen LogP contribution in [-0.4, -0.2) is 47.9 Å². The Labute approximate surface area is 156 Å². The normalized spacial score (nSPS) is 15.5. The molecule has 0 radical (unpaired) electrons. The molecule has 1 aliphatic rings. The fraction of sp³-hybridized carbons (Fsp3) is 0.650. The van der Waals surface area contributed by atoms with Gasteiger partial charge >= 0.3 is 6.09 Å². The van der Waals surface area contributed by atoms with Gasteiger partial charge < -0.3 is 14.4 Å². The number of carbonyl (C=O) groups is 1. The van der Waals surface area contributed by atoms with Crippen LogP contribution in [0.3, 0.4) is 0 Å². The molecule has 6 nitrogen and oxygen atoms in total. The van der Waals surface area contributed by atoms with E-state index < -0.39 is 5.60 Å². The number of aromatic nitrogens is 1.